The summed E-state index contributed by atoms with van der Waals surface area (Å²) in [5, 5.41) is 6.18. The van der Waals surface area contributed by atoms with Crippen molar-refractivity contribution in [2.24, 2.45) is 23.7 Å². The van der Waals surface area contributed by atoms with Crippen LogP contribution in [0.4, 0.5) is 5.69 Å². The summed E-state index contributed by atoms with van der Waals surface area (Å²) in [6.07, 6.45) is 7.18. The highest BCUT2D eigenvalue weighted by Crippen LogP contribution is 2.49. The zero-order valence-electron chi connectivity index (χ0n) is 15.0. The fourth-order valence-corrected chi connectivity index (χ4v) is 5.29. The molecule has 0 saturated heterocycles. The minimum atomic E-state index is -0.0987. The molecule has 3 aliphatic rings. The standard InChI is InChI=1S/C21H28N2O2/c1-13(18-11-14-6-7-15(18)10-14)22-20(24)9-8-17-12-16-4-2-3-5-19(16)23-21(17)25/h2-5,13-15,17-18H,6-12H2,1H3,(H,22,24)(H,23,25). The first-order valence-electron chi connectivity index (χ1n) is 9.78. The van der Waals surface area contributed by atoms with Crippen LogP contribution in [0.5, 0.6) is 0 Å². The van der Waals surface area contributed by atoms with E-state index < -0.39 is 0 Å². The molecule has 0 radical (unpaired) electrons. The summed E-state index contributed by atoms with van der Waals surface area (Å²) in [4.78, 5) is 24.6. The van der Waals surface area contributed by atoms with Crippen molar-refractivity contribution < 1.29 is 9.59 Å². The van der Waals surface area contributed by atoms with Crippen LogP contribution in [0.15, 0.2) is 24.3 Å². The molecule has 4 heteroatoms. The Bertz CT molecular complexity index is 672. The first kappa shape index (κ1) is 16.6. The van der Waals surface area contributed by atoms with Gasteiger partial charge in [0.15, 0.2) is 0 Å². The van der Waals surface area contributed by atoms with Crippen LogP contribution in [0, 0.1) is 23.7 Å². The number of fused-ring (bicyclic) bond motifs is 3. The molecular weight excluding hydrogens is 312 g/mol. The molecule has 2 saturated carbocycles. The smallest absolute Gasteiger partial charge is 0.227 e. The van der Waals surface area contributed by atoms with Gasteiger partial charge < -0.3 is 10.6 Å². The Balaban J connectivity index is 1.27. The van der Waals surface area contributed by atoms with Crippen LogP contribution in [-0.4, -0.2) is 17.9 Å². The summed E-state index contributed by atoms with van der Waals surface area (Å²) < 4.78 is 0. The van der Waals surface area contributed by atoms with Crippen LogP contribution < -0.4 is 10.6 Å². The zero-order chi connectivity index (χ0) is 17.4. The number of para-hydroxylation sites is 1. The molecule has 2 fully saturated rings. The molecule has 1 aromatic rings. The number of anilines is 1. The first-order valence-corrected chi connectivity index (χ1v) is 9.78. The second-order valence-electron chi connectivity index (χ2n) is 8.28. The predicted octanol–water partition coefficient (Wildman–Crippen LogP) is 3.52. The molecule has 134 valence electrons. The van der Waals surface area contributed by atoms with Crippen molar-refractivity contribution in [2.45, 2.75) is 57.9 Å². The van der Waals surface area contributed by atoms with E-state index in [-0.39, 0.29) is 23.8 Å². The van der Waals surface area contributed by atoms with Crippen molar-refractivity contribution in [1.29, 1.82) is 0 Å². The van der Waals surface area contributed by atoms with Gasteiger partial charge in [-0.25, -0.2) is 0 Å². The van der Waals surface area contributed by atoms with E-state index in [4.69, 9.17) is 0 Å². The molecule has 25 heavy (non-hydrogen) atoms. The van der Waals surface area contributed by atoms with E-state index in [1.165, 1.54) is 31.2 Å². The molecule has 5 atom stereocenters. The molecule has 0 aromatic heterocycles. The van der Waals surface area contributed by atoms with E-state index in [1.807, 2.05) is 18.2 Å². The molecule has 2 bridgehead atoms. The molecule has 1 heterocycles. The third-order valence-corrected chi connectivity index (χ3v) is 6.66. The van der Waals surface area contributed by atoms with E-state index >= 15 is 0 Å². The van der Waals surface area contributed by atoms with Crippen molar-refractivity contribution in [3.8, 4) is 0 Å². The zero-order valence-corrected chi connectivity index (χ0v) is 15.0. The van der Waals surface area contributed by atoms with Gasteiger partial charge in [0.1, 0.15) is 0 Å². The topological polar surface area (TPSA) is 58.2 Å². The summed E-state index contributed by atoms with van der Waals surface area (Å²) in [6.45, 7) is 2.16. The van der Waals surface area contributed by atoms with Crippen molar-refractivity contribution in [3.05, 3.63) is 29.8 Å². The summed E-state index contributed by atoms with van der Waals surface area (Å²) in [5.41, 5.74) is 2.08. The quantitative estimate of drug-likeness (QED) is 0.861. The fourth-order valence-electron chi connectivity index (χ4n) is 5.29. The Morgan fingerprint density at radius 3 is 2.88 bits per heavy atom. The monoisotopic (exact) mass is 340 g/mol. The molecule has 4 nitrogen and oxygen atoms in total. The van der Waals surface area contributed by atoms with Crippen molar-refractivity contribution in [3.63, 3.8) is 0 Å². The second kappa shape index (κ2) is 6.81. The van der Waals surface area contributed by atoms with Crippen molar-refractivity contribution in [1.82, 2.24) is 5.32 Å². The molecule has 2 aliphatic carbocycles. The number of carbonyl (C=O) groups excluding carboxylic acids is 2. The van der Waals surface area contributed by atoms with Gasteiger partial charge in [-0.1, -0.05) is 24.6 Å². The van der Waals surface area contributed by atoms with E-state index in [0.29, 0.717) is 18.8 Å². The molecular formula is C21H28N2O2. The van der Waals surface area contributed by atoms with E-state index in [9.17, 15) is 9.59 Å². The lowest BCUT2D eigenvalue weighted by atomic mass is 9.84. The van der Waals surface area contributed by atoms with Gasteiger partial charge >= 0.3 is 0 Å². The number of benzene rings is 1. The Labute approximate surface area is 149 Å². The van der Waals surface area contributed by atoms with Gasteiger partial charge in [0, 0.05) is 24.1 Å². The number of rotatable bonds is 5. The van der Waals surface area contributed by atoms with Crippen LogP contribution in [0.1, 0.15) is 51.0 Å². The Morgan fingerprint density at radius 2 is 2.12 bits per heavy atom. The number of carbonyl (C=O) groups is 2. The largest absolute Gasteiger partial charge is 0.353 e. The van der Waals surface area contributed by atoms with Crippen LogP contribution in [0.3, 0.4) is 0 Å². The number of nitrogens with one attached hydrogen (secondary N) is 2. The maximum atomic E-state index is 12.4. The molecule has 2 amide bonds. The summed E-state index contributed by atoms with van der Waals surface area (Å²) in [6, 6.07) is 8.19. The normalized spacial score (nSPS) is 31.3. The first-order chi connectivity index (χ1) is 12.1. The second-order valence-corrected chi connectivity index (χ2v) is 8.28. The highest BCUT2D eigenvalue weighted by atomic mass is 16.2. The van der Waals surface area contributed by atoms with Crippen LogP contribution in [0.2, 0.25) is 0 Å². The average Bonchev–Trinajstić information content (AvgIpc) is 3.23. The van der Waals surface area contributed by atoms with Crippen LogP contribution in [-0.2, 0) is 16.0 Å². The number of hydrogen-bond acceptors (Lipinski definition) is 2. The van der Waals surface area contributed by atoms with E-state index in [2.05, 4.69) is 23.6 Å². The molecule has 4 rings (SSSR count). The summed E-state index contributed by atoms with van der Waals surface area (Å²) >= 11 is 0. The number of amides is 2. The minimum absolute atomic E-state index is 0.0488. The molecule has 5 unspecified atom stereocenters. The fraction of sp³-hybridized carbons (Fsp3) is 0.619. The highest BCUT2D eigenvalue weighted by Gasteiger charge is 2.42. The predicted molar refractivity (Wildman–Crippen MR) is 98.0 cm³/mol. The lowest BCUT2D eigenvalue weighted by Crippen LogP contribution is -2.40. The van der Waals surface area contributed by atoms with Gasteiger partial charge in [-0.2, -0.15) is 0 Å². The third-order valence-electron chi connectivity index (χ3n) is 6.66. The Morgan fingerprint density at radius 1 is 1.28 bits per heavy atom. The van der Waals surface area contributed by atoms with Gasteiger partial charge in [-0.05, 0) is 68.4 Å². The SMILES string of the molecule is CC(NC(=O)CCC1Cc2ccccc2NC1=O)C1CC2CCC1C2. The van der Waals surface area contributed by atoms with E-state index in [0.717, 1.165) is 23.9 Å². The van der Waals surface area contributed by atoms with Crippen molar-refractivity contribution in [2.75, 3.05) is 5.32 Å². The minimum Gasteiger partial charge on any atom is -0.353 e. The molecule has 1 aliphatic heterocycles. The molecule has 0 spiro atoms. The van der Waals surface area contributed by atoms with Crippen molar-refractivity contribution >= 4 is 17.5 Å². The summed E-state index contributed by atoms with van der Waals surface area (Å²) in [7, 11) is 0. The lowest BCUT2D eigenvalue weighted by molar-refractivity contribution is -0.123. The van der Waals surface area contributed by atoms with Gasteiger partial charge in [-0.15, -0.1) is 0 Å². The number of hydrogen-bond donors (Lipinski definition) is 2. The Kier molecular flexibility index (Phi) is 4.53. The third kappa shape index (κ3) is 3.44. The molecule has 1 aromatic carbocycles. The van der Waals surface area contributed by atoms with Gasteiger partial charge in [0.05, 0.1) is 0 Å². The maximum absolute atomic E-state index is 12.4. The summed E-state index contributed by atoms with van der Waals surface area (Å²) in [5.74, 6) is 2.43. The maximum Gasteiger partial charge on any atom is 0.227 e. The van der Waals surface area contributed by atoms with Gasteiger partial charge in [0.2, 0.25) is 11.8 Å². The van der Waals surface area contributed by atoms with Crippen LogP contribution >= 0.6 is 0 Å². The highest BCUT2D eigenvalue weighted by molar-refractivity contribution is 5.96. The lowest BCUT2D eigenvalue weighted by Gasteiger charge is -2.29. The molecule has 2 N–H and O–H groups in total. The average molecular weight is 340 g/mol. The van der Waals surface area contributed by atoms with E-state index in [1.54, 1.807) is 0 Å². The Hall–Kier alpha value is -1.84. The van der Waals surface area contributed by atoms with Gasteiger partial charge in [0.25, 0.3) is 0 Å². The van der Waals surface area contributed by atoms with Crippen LogP contribution in [0.25, 0.3) is 0 Å². The van der Waals surface area contributed by atoms with Gasteiger partial charge in [-0.3, -0.25) is 9.59 Å².